The van der Waals surface area contributed by atoms with Crippen molar-refractivity contribution in [1.82, 2.24) is 10.3 Å². The molecule has 2 aromatic rings. The number of nitrogens with zero attached hydrogens (tertiary/aromatic N) is 1. The summed E-state index contributed by atoms with van der Waals surface area (Å²) in [6.45, 7) is 3.49. The summed E-state index contributed by atoms with van der Waals surface area (Å²) in [6, 6.07) is 11.7. The summed E-state index contributed by atoms with van der Waals surface area (Å²) < 4.78 is 4.69. The Morgan fingerprint density at radius 1 is 1.17 bits per heavy atom. The number of hydrogen-bond acceptors (Lipinski definition) is 4. The van der Waals surface area contributed by atoms with Gasteiger partial charge in [-0.1, -0.05) is 24.3 Å². The van der Waals surface area contributed by atoms with E-state index in [1.807, 2.05) is 37.3 Å². The number of nitrogens with one attached hydrogen (secondary N) is 1. The fraction of sp³-hybridized carbons (Fsp3) is 0.278. The molecule has 0 saturated heterocycles. The van der Waals surface area contributed by atoms with Gasteiger partial charge in [-0.2, -0.15) is 0 Å². The molecule has 0 fully saturated rings. The van der Waals surface area contributed by atoms with Gasteiger partial charge in [-0.15, -0.1) is 0 Å². The predicted molar refractivity (Wildman–Crippen MR) is 88.0 cm³/mol. The number of methoxy groups -OCH3 is 1. The van der Waals surface area contributed by atoms with Crippen LogP contribution >= 0.6 is 0 Å². The molecular formula is C18H20N2O3. The van der Waals surface area contributed by atoms with E-state index in [0.29, 0.717) is 0 Å². The number of ether oxygens (including phenoxy) is 1. The number of aromatic nitrogens is 1. The molecule has 2 rings (SSSR count). The van der Waals surface area contributed by atoms with E-state index in [1.54, 1.807) is 12.3 Å². The van der Waals surface area contributed by atoms with Gasteiger partial charge in [-0.25, -0.2) is 9.78 Å². The number of amides is 1. The Balaban J connectivity index is 2.13. The fourth-order valence-corrected chi connectivity index (χ4v) is 2.41. The lowest BCUT2D eigenvalue weighted by molar-refractivity contribution is -0.119. The minimum atomic E-state index is -0.451. The summed E-state index contributed by atoms with van der Waals surface area (Å²) in [7, 11) is 1.34. The second kappa shape index (κ2) is 7.54. The van der Waals surface area contributed by atoms with Gasteiger partial charge in [0, 0.05) is 19.2 Å². The van der Waals surface area contributed by atoms with Gasteiger partial charge >= 0.3 is 5.97 Å². The molecule has 1 unspecified atom stereocenters. The lowest BCUT2D eigenvalue weighted by Gasteiger charge is -2.12. The summed E-state index contributed by atoms with van der Waals surface area (Å²) in [5.41, 5.74) is 3.32. The zero-order valence-electron chi connectivity index (χ0n) is 13.5. The highest BCUT2D eigenvalue weighted by Gasteiger charge is 2.09. The fourth-order valence-electron chi connectivity index (χ4n) is 2.41. The molecule has 1 aromatic heterocycles. The Bertz CT molecular complexity index is 696. The van der Waals surface area contributed by atoms with Crippen molar-refractivity contribution < 1.29 is 14.3 Å². The first-order valence-corrected chi connectivity index (χ1v) is 7.40. The molecule has 23 heavy (non-hydrogen) atoms. The molecule has 1 N–H and O–H groups in total. The van der Waals surface area contributed by atoms with Crippen LogP contribution < -0.4 is 5.32 Å². The average molecular weight is 312 g/mol. The zero-order valence-corrected chi connectivity index (χ0v) is 13.5. The van der Waals surface area contributed by atoms with Crippen molar-refractivity contribution in [1.29, 1.82) is 0 Å². The van der Waals surface area contributed by atoms with E-state index in [2.05, 4.69) is 15.0 Å². The van der Waals surface area contributed by atoms with Crippen molar-refractivity contribution in [2.75, 3.05) is 7.11 Å². The molecular weight excluding hydrogens is 292 g/mol. The Morgan fingerprint density at radius 2 is 1.87 bits per heavy atom. The molecule has 1 aromatic carbocycles. The first kappa shape index (κ1) is 16.7. The van der Waals surface area contributed by atoms with Crippen molar-refractivity contribution in [2.45, 2.75) is 26.3 Å². The normalized spacial score (nSPS) is 11.6. The third kappa shape index (κ3) is 4.64. The van der Waals surface area contributed by atoms with E-state index in [0.717, 1.165) is 23.1 Å². The van der Waals surface area contributed by atoms with Crippen LogP contribution in [0.25, 0.3) is 11.1 Å². The van der Waals surface area contributed by atoms with Crippen molar-refractivity contribution >= 4 is 11.9 Å². The summed E-state index contributed by atoms with van der Waals surface area (Å²) >= 11 is 0. The van der Waals surface area contributed by atoms with E-state index < -0.39 is 5.97 Å². The molecule has 1 heterocycles. The molecule has 0 radical (unpaired) electrons. The lowest BCUT2D eigenvalue weighted by Crippen LogP contribution is -2.31. The van der Waals surface area contributed by atoms with Crippen LogP contribution in [0.4, 0.5) is 0 Å². The van der Waals surface area contributed by atoms with Gasteiger partial charge in [-0.3, -0.25) is 4.79 Å². The van der Waals surface area contributed by atoms with Crippen LogP contribution in [0.1, 0.15) is 29.9 Å². The van der Waals surface area contributed by atoms with Gasteiger partial charge in [-0.05, 0) is 42.2 Å². The van der Waals surface area contributed by atoms with Crippen molar-refractivity contribution in [3.63, 3.8) is 0 Å². The number of carbonyl (C=O) groups is 2. The lowest BCUT2D eigenvalue weighted by atomic mass is 10.0. The molecule has 1 atom stereocenters. The maximum atomic E-state index is 11.5. The highest BCUT2D eigenvalue weighted by Crippen LogP contribution is 2.20. The maximum Gasteiger partial charge on any atom is 0.356 e. The second-order valence-corrected chi connectivity index (χ2v) is 5.42. The molecule has 120 valence electrons. The molecule has 0 bridgehead atoms. The molecule has 0 aliphatic carbocycles. The smallest absolute Gasteiger partial charge is 0.356 e. The van der Waals surface area contributed by atoms with Crippen LogP contribution in [0, 0.1) is 0 Å². The largest absolute Gasteiger partial charge is 0.464 e. The van der Waals surface area contributed by atoms with E-state index in [4.69, 9.17) is 0 Å². The van der Waals surface area contributed by atoms with E-state index in [9.17, 15) is 9.59 Å². The van der Waals surface area contributed by atoms with Crippen molar-refractivity contribution in [3.8, 4) is 11.1 Å². The average Bonchev–Trinajstić information content (AvgIpc) is 2.54. The summed E-state index contributed by atoms with van der Waals surface area (Å²) in [6.07, 6.45) is 2.36. The standard InChI is InChI=1S/C18H20N2O3/c1-12(20-13(2)21)10-14-4-6-15(7-5-14)16-8-9-19-17(11-16)18(22)23-3/h4-9,11-12H,10H2,1-3H3,(H,20,21). The minimum absolute atomic E-state index is 0.0266. The highest BCUT2D eigenvalue weighted by molar-refractivity contribution is 5.88. The molecule has 0 saturated carbocycles. The van der Waals surface area contributed by atoms with E-state index in [1.165, 1.54) is 14.0 Å². The third-order valence-corrected chi connectivity index (χ3v) is 3.43. The summed E-state index contributed by atoms with van der Waals surface area (Å²) in [5.74, 6) is -0.478. The van der Waals surface area contributed by atoms with Crippen LogP contribution in [0.15, 0.2) is 42.6 Å². The molecule has 5 heteroatoms. The van der Waals surface area contributed by atoms with Gasteiger partial charge in [0.25, 0.3) is 0 Å². The summed E-state index contributed by atoms with van der Waals surface area (Å²) in [4.78, 5) is 26.6. The monoisotopic (exact) mass is 312 g/mol. The molecule has 5 nitrogen and oxygen atoms in total. The first-order valence-electron chi connectivity index (χ1n) is 7.40. The number of rotatable bonds is 5. The number of esters is 1. The van der Waals surface area contributed by atoms with Gasteiger partial charge in [0.2, 0.25) is 5.91 Å². The predicted octanol–water partition coefficient (Wildman–Crippen LogP) is 2.60. The Morgan fingerprint density at radius 3 is 2.48 bits per heavy atom. The quantitative estimate of drug-likeness (QED) is 0.862. The van der Waals surface area contributed by atoms with Crippen LogP contribution in [0.2, 0.25) is 0 Å². The van der Waals surface area contributed by atoms with Crippen LogP contribution in [-0.4, -0.2) is 30.0 Å². The maximum absolute atomic E-state index is 11.5. The molecule has 0 aliphatic heterocycles. The number of carbonyl (C=O) groups excluding carboxylic acids is 2. The van der Waals surface area contributed by atoms with Crippen LogP contribution in [0.5, 0.6) is 0 Å². The van der Waals surface area contributed by atoms with Crippen molar-refractivity contribution in [2.24, 2.45) is 0 Å². The minimum Gasteiger partial charge on any atom is -0.464 e. The molecule has 0 aliphatic rings. The zero-order chi connectivity index (χ0) is 16.8. The first-order chi connectivity index (χ1) is 11.0. The Kier molecular flexibility index (Phi) is 5.46. The number of benzene rings is 1. The van der Waals surface area contributed by atoms with E-state index in [-0.39, 0.29) is 17.6 Å². The van der Waals surface area contributed by atoms with Gasteiger partial charge in [0.15, 0.2) is 0 Å². The topological polar surface area (TPSA) is 68.3 Å². The number of pyridine rings is 1. The highest BCUT2D eigenvalue weighted by atomic mass is 16.5. The SMILES string of the molecule is COC(=O)c1cc(-c2ccc(CC(C)NC(C)=O)cc2)ccn1. The number of hydrogen-bond donors (Lipinski definition) is 1. The second-order valence-electron chi connectivity index (χ2n) is 5.42. The van der Waals surface area contributed by atoms with E-state index >= 15 is 0 Å². The van der Waals surface area contributed by atoms with Crippen molar-refractivity contribution in [3.05, 3.63) is 53.9 Å². The van der Waals surface area contributed by atoms with Crippen LogP contribution in [0.3, 0.4) is 0 Å². The van der Waals surface area contributed by atoms with Gasteiger partial charge in [0.05, 0.1) is 7.11 Å². The molecule has 1 amide bonds. The summed E-state index contributed by atoms with van der Waals surface area (Å²) in [5, 5.41) is 2.87. The Labute approximate surface area is 135 Å². The molecule has 0 spiro atoms. The third-order valence-electron chi connectivity index (χ3n) is 3.43. The van der Waals surface area contributed by atoms with Gasteiger partial charge < -0.3 is 10.1 Å². The van der Waals surface area contributed by atoms with Crippen LogP contribution in [-0.2, 0) is 16.0 Å². The Hall–Kier alpha value is -2.69. The van der Waals surface area contributed by atoms with Gasteiger partial charge in [0.1, 0.15) is 5.69 Å².